The lowest BCUT2D eigenvalue weighted by atomic mass is 10.1. The molecule has 0 bridgehead atoms. The number of ether oxygens (including phenoxy) is 4. The number of ketones is 2. The van der Waals surface area contributed by atoms with Gasteiger partial charge in [0.1, 0.15) is 11.6 Å². The zero-order valence-electron chi connectivity index (χ0n) is 16.8. The Labute approximate surface area is 163 Å². The molecule has 0 radical (unpaired) electrons. The first-order valence-electron chi connectivity index (χ1n) is 10.7. The largest absolute Gasteiger partial charge is 0.353 e. The van der Waals surface area contributed by atoms with Crippen LogP contribution >= 0.6 is 0 Å². The zero-order chi connectivity index (χ0) is 19.3. The van der Waals surface area contributed by atoms with E-state index >= 15 is 0 Å². The van der Waals surface area contributed by atoms with Gasteiger partial charge in [0.25, 0.3) is 0 Å². The second-order valence-corrected chi connectivity index (χ2v) is 7.51. The maximum Gasteiger partial charge on any atom is 0.164 e. The molecule has 2 aliphatic heterocycles. The maximum atomic E-state index is 12.2. The van der Waals surface area contributed by atoms with Crippen molar-refractivity contribution in [2.45, 2.75) is 109 Å². The average molecular weight is 385 g/mol. The molecular weight excluding hydrogens is 348 g/mol. The Balaban J connectivity index is 1.72. The summed E-state index contributed by atoms with van der Waals surface area (Å²) in [6, 6.07) is 0. The molecule has 2 aliphatic rings. The minimum Gasteiger partial charge on any atom is -0.353 e. The number of carbonyl (C=O) groups is 2. The summed E-state index contributed by atoms with van der Waals surface area (Å²) in [5.74, 6) is 0.407. The van der Waals surface area contributed by atoms with Crippen molar-refractivity contribution in [2.24, 2.45) is 0 Å². The molecule has 6 heteroatoms. The van der Waals surface area contributed by atoms with Crippen LogP contribution in [0.25, 0.3) is 0 Å². The molecule has 0 amide bonds. The van der Waals surface area contributed by atoms with Gasteiger partial charge in [-0.05, 0) is 51.4 Å². The van der Waals surface area contributed by atoms with Gasteiger partial charge in [-0.15, -0.1) is 0 Å². The predicted molar refractivity (Wildman–Crippen MR) is 101 cm³/mol. The molecule has 2 unspecified atom stereocenters. The van der Waals surface area contributed by atoms with E-state index < -0.39 is 6.29 Å². The van der Waals surface area contributed by atoms with Crippen LogP contribution in [0.5, 0.6) is 0 Å². The topological polar surface area (TPSA) is 71.1 Å². The highest BCUT2D eigenvalue weighted by atomic mass is 16.8. The summed E-state index contributed by atoms with van der Waals surface area (Å²) >= 11 is 0. The molecule has 27 heavy (non-hydrogen) atoms. The Hall–Kier alpha value is -0.820. The Kier molecular flexibility index (Phi) is 11.1. The molecule has 6 nitrogen and oxygen atoms in total. The Morgan fingerprint density at radius 3 is 1.89 bits per heavy atom. The molecule has 0 aliphatic carbocycles. The number of rotatable bonds is 13. The van der Waals surface area contributed by atoms with Crippen molar-refractivity contribution < 1.29 is 28.5 Å². The quantitative estimate of drug-likeness (QED) is 0.441. The van der Waals surface area contributed by atoms with Crippen LogP contribution in [0.15, 0.2) is 0 Å². The first kappa shape index (κ1) is 22.5. The normalized spacial score (nSPS) is 24.5. The van der Waals surface area contributed by atoms with Crippen LogP contribution in [0.1, 0.15) is 90.4 Å². The van der Waals surface area contributed by atoms with E-state index in [1.165, 1.54) is 0 Å². The molecule has 0 aromatic carbocycles. The van der Waals surface area contributed by atoms with Crippen molar-refractivity contribution in [3.63, 3.8) is 0 Å². The predicted octanol–water partition coefficient (Wildman–Crippen LogP) is 4.29. The summed E-state index contributed by atoms with van der Waals surface area (Å²) in [4.78, 5) is 23.7. The summed E-state index contributed by atoms with van der Waals surface area (Å²) in [7, 11) is 0. The van der Waals surface area contributed by atoms with E-state index in [4.69, 9.17) is 18.9 Å². The molecule has 2 saturated heterocycles. The minimum absolute atomic E-state index is 0.158. The van der Waals surface area contributed by atoms with E-state index in [1.54, 1.807) is 0 Å². The number of carbonyl (C=O) groups excluding carboxylic acids is 2. The van der Waals surface area contributed by atoms with E-state index in [-0.39, 0.29) is 24.1 Å². The van der Waals surface area contributed by atoms with Crippen LogP contribution in [0.4, 0.5) is 0 Å². The van der Waals surface area contributed by atoms with Gasteiger partial charge < -0.3 is 18.9 Å². The maximum absolute atomic E-state index is 12.2. The molecule has 0 N–H and O–H groups in total. The Morgan fingerprint density at radius 2 is 1.41 bits per heavy atom. The fourth-order valence-corrected chi connectivity index (χ4v) is 3.43. The summed E-state index contributed by atoms with van der Waals surface area (Å²) in [6.07, 6.45) is 8.99. The highest BCUT2D eigenvalue weighted by molar-refractivity contribution is 5.81. The number of hydrogen-bond donors (Lipinski definition) is 0. The molecule has 0 aromatic rings. The lowest BCUT2D eigenvalue weighted by Crippen LogP contribution is -2.34. The van der Waals surface area contributed by atoms with Crippen molar-refractivity contribution in [1.29, 1.82) is 0 Å². The van der Waals surface area contributed by atoms with Gasteiger partial charge in [-0.3, -0.25) is 9.59 Å². The van der Waals surface area contributed by atoms with Gasteiger partial charge in [-0.1, -0.05) is 6.92 Å². The first-order chi connectivity index (χ1) is 13.2. The smallest absolute Gasteiger partial charge is 0.164 e. The summed E-state index contributed by atoms with van der Waals surface area (Å²) in [5, 5.41) is 0. The van der Waals surface area contributed by atoms with Crippen LogP contribution in [-0.4, -0.2) is 43.7 Å². The molecule has 2 fully saturated rings. The van der Waals surface area contributed by atoms with Crippen LogP contribution < -0.4 is 0 Å². The molecule has 2 heterocycles. The molecule has 2 rings (SSSR count). The van der Waals surface area contributed by atoms with Gasteiger partial charge in [-0.2, -0.15) is 0 Å². The standard InChI is InChI=1S/C21H36O6/c1-2-8-17(22)9-7-10-18(23)13-14-21(26-19-11-3-5-15-24-19)27-20-12-4-6-16-25-20/h19-21H,2-16H2,1H3. The lowest BCUT2D eigenvalue weighted by Gasteiger charge is -2.31. The van der Waals surface area contributed by atoms with Crippen molar-refractivity contribution in [1.82, 2.24) is 0 Å². The van der Waals surface area contributed by atoms with E-state index in [0.29, 0.717) is 51.7 Å². The van der Waals surface area contributed by atoms with Gasteiger partial charge in [0.15, 0.2) is 18.9 Å². The van der Waals surface area contributed by atoms with Gasteiger partial charge in [0.05, 0.1) is 0 Å². The first-order valence-corrected chi connectivity index (χ1v) is 10.7. The summed E-state index contributed by atoms with van der Waals surface area (Å²) < 4.78 is 23.3. The van der Waals surface area contributed by atoms with Gasteiger partial charge in [0, 0.05) is 45.3 Å². The Morgan fingerprint density at radius 1 is 0.852 bits per heavy atom. The van der Waals surface area contributed by atoms with Crippen LogP contribution in [0.3, 0.4) is 0 Å². The van der Waals surface area contributed by atoms with Crippen LogP contribution in [0, 0.1) is 0 Å². The monoisotopic (exact) mass is 384 g/mol. The third-order valence-corrected chi connectivity index (χ3v) is 4.98. The highest BCUT2D eigenvalue weighted by Gasteiger charge is 2.25. The molecule has 2 atom stereocenters. The SMILES string of the molecule is CCCC(=O)CCCC(=O)CCC(OC1CCCCO1)OC1CCCCO1. The molecule has 0 aromatic heterocycles. The third kappa shape index (κ3) is 9.79. The van der Waals surface area contributed by atoms with Gasteiger partial charge >= 0.3 is 0 Å². The van der Waals surface area contributed by atoms with E-state index in [9.17, 15) is 9.59 Å². The summed E-state index contributed by atoms with van der Waals surface area (Å²) in [6.45, 7) is 3.42. The van der Waals surface area contributed by atoms with Gasteiger partial charge in [-0.25, -0.2) is 0 Å². The fraction of sp³-hybridized carbons (Fsp3) is 0.905. The van der Waals surface area contributed by atoms with Crippen molar-refractivity contribution in [3.8, 4) is 0 Å². The third-order valence-electron chi connectivity index (χ3n) is 4.98. The summed E-state index contributed by atoms with van der Waals surface area (Å²) in [5.41, 5.74) is 0. The van der Waals surface area contributed by atoms with Crippen molar-refractivity contribution >= 4 is 11.6 Å². The molecule has 0 saturated carbocycles. The number of hydrogen-bond acceptors (Lipinski definition) is 6. The second-order valence-electron chi connectivity index (χ2n) is 7.51. The van der Waals surface area contributed by atoms with E-state index in [1.807, 2.05) is 6.92 Å². The van der Waals surface area contributed by atoms with Crippen molar-refractivity contribution in [2.75, 3.05) is 13.2 Å². The molecule has 0 spiro atoms. The lowest BCUT2D eigenvalue weighted by molar-refractivity contribution is -0.306. The zero-order valence-corrected chi connectivity index (χ0v) is 16.8. The highest BCUT2D eigenvalue weighted by Crippen LogP contribution is 2.22. The Bertz CT molecular complexity index is 406. The van der Waals surface area contributed by atoms with Crippen LogP contribution in [0.2, 0.25) is 0 Å². The molecule has 156 valence electrons. The average Bonchev–Trinajstić information content (AvgIpc) is 2.68. The molecular formula is C21H36O6. The second kappa shape index (κ2) is 13.4. The number of Topliss-reactive ketones (excluding diaryl/α,β-unsaturated/α-hetero) is 2. The van der Waals surface area contributed by atoms with Gasteiger partial charge in [0.2, 0.25) is 0 Å². The van der Waals surface area contributed by atoms with E-state index in [2.05, 4.69) is 0 Å². The van der Waals surface area contributed by atoms with Crippen molar-refractivity contribution in [3.05, 3.63) is 0 Å². The van der Waals surface area contributed by atoms with Crippen LogP contribution in [-0.2, 0) is 28.5 Å². The van der Waals surface area contributed by atoms with E-state index in [0.717, 1.165) is 44.9 Å². The minimum atomic E-state index is -0.484. The fourth-order valence-electron chi connectivity index (χ4n) is 3.43.